The molecule has 0 fully saturated rings. The lowest BCUT2D eigenvalue weighted by Gasteiger charge is -2.01. The normalized spacial score (nSPS) is 10.7. The van der Waals surface area contributed by atoms with E-state index in [1.54, 1.807) is 12.1 Å². The fourth-order valence-corrected chi connectivity index (χ4v) is 1.59. The lowest BCUT2D eigenvalue weighted by Crippen LogP contribution is -1.83. The van der Waals surface area contributed by atoms with E-state index in [1.807, 2.05) is 0 Å². The lowest BCUT2D eigenvalue weighted by atomic mass is 10.2. The fraction of sp³-hybridized carbons (Fsp3) is 0. The highest BCUT2D eigenvalue weighted by Crippen LogP contribution is 2.26. The van der Waals surface area contributed by atoms with Crippen LogP contribution in [0.3, 0.4) is 0 Å². The second kappa shape index (κ2) is 3.13. The van der Waals surface area contributed by atoms with Gasteiger partial charge in [0.25, 0.3) is 0 Å². The first-order valence-corrected chi connectivity index (χ1v) is 4.33. The standard InChI is InChI=1S/C9H4Cl2FN/c10-5-3-7-6(8(12)4-5)1-2-13-9(7)11/h1-4H. The second-order valence-electron chi connectivity index (χ2n) is 2.58. The Kier molecular flexibility index (Phi) is 2.10. The average Bonchev–Trinajstić information content (AvgIpc) is 2.07. The van der Waals surface area contributed by atoms with E-state index in [0.717, 1.165) is 0 Å². The molecule has 1 nitrogen and oxygen atoms in total. The van der Waals surface area contributed by atoms with Gasteiger partial charge in [0.05, 0.1) is 0 Å². The van der Waals surface area contributed by atoms with Crippen molar-refractivity contribution in [1.29, 1.82) is 0 Å². The molecular weight excluding hydrogens is 212 g/mol. The van der Waals surface area contributed by atoms with Crippen LogP contribution in [0.25, 0.3) is 10.8 Å². The molecule has 0 bridgehead atoms. The van der Waals surface area contributed by atoms with Crippen molar-refractivity contribution < 1.29 is 4.39 Å². The molecule has 0 unspecified atom stereocenters. The molecule has 1 aromatic heterocycles. The van der Waals surface area contributed by atoms with Crippen LogP contribution in [0.2, 0.25) is 10.2 Å². The van der Waals surface area contributed by atoms with E-state index in [4.69, 9.17) is 23.2 Å². The van der Waals surface area contributed by atoms with Crippen LogP contribution >= 0.6 is 23.2 Å². The molecule has 0 radical (unpaired) electrons. The number of nitrogens with zero attached hydrogens (tertiary/aromatic N) is 1. The Morgan fingerprint density at radius 2 is 1.92 bits per heavy atom. The van der Waals surface area contributed by atoms with Gasteiger partial charge in [-0.1, -0.05) is 23.2 Å². The van der Waals surface area contributed by atoms with Gasteiger partial charge in [0.2, 0.25) is 0 Å². The van der Waals surface area contributed by atoms with Crippen LogP contribution in [0.1, 0.15) is 0 Å². The molecule has 2 rings (SSSR count). The molecular formula is C9H4Cl2FN. The molecule has 2 aromatic rings. The van der Waals surface area contributed by atoms with Gasteiger partial charge in [-0.3, -0.25) is 0 Å². The van der Waals surface area contributed by atoms with Crippen molar-refractivity contribution in [2.24, 2.45) is 0 Å². The Morgan fingerprint density at radius 1 is 1.15 bits per heavy atom. The number of benzene rings is 1. The highest BCUT2D eigenvalue weighted by Gasteiger charge is 2.05. The fourth-order valence-electron chi connectivity index (χ4n) is 1.17. The number of rotatable bonds is 0. The summed E-state index contributed by atoms with van der Waals surface area (Å²) in [5, 5.41) is 1.55. The number of fused-ring (bicyclic) bond motifs is 1. The molecule has 66 valence electrons. The van der Waals surface area contributed by atoms with E-state index in [1.165, 1.54) is 12.3 Å². The molecule has 1 aromatic carbocycles. The maximum absolute atomic E-state index is 13.3. The SMILES string of the molecule is Fc1cc(Cl)cc2c(Cl)nccc12. The van der Waals surface area contributed by atoms with Gasteiger partial charge in [-0.2, -0.15) is 0 Å². The van der Waals surface area contributed by atoms with E-state index in [0.29, 0.717) is 15.8 Å². The Morgan fingerprint density at radius 3 is 2.69 bits per heavy atom. The Labute approximate surface area is 84.1 Å². The topological polar surface area (TPSA) is 12.9 Å². The number of hydrogen-bond donors (Lipinski definition) is 0. The van der Waals surface area contributed by atoms with Crippen LogP contribution in [0.5, 0.6) is 0 Å². The predicted molar refractivity (Wildman–Crippen MR) is 51.7 cm³/mol. The predicted octanol–water partition coefficient (Wildman–Crippen LogP) is 3.68. The van der Waals surface area contributed by atoms with Crippen LogP contribution in [-0.2, 0) is 0 Å². The summed E-state index contributed by atoms with van der Waals surface area (Å²) in [6.07, 6.45) is 1.46. The third-order valence-electron chi connectivity index (χ3n) is 1.75. The van der Waals surface area contributed by atoms with Crippen molar-refractivity contribution in [3.63, 3.8) is 0 Å². The Hall–Kier alpha value is -0.860. The summed E-state index contributed by atoms with van der Waals surface area (Å²) in [5.74, 6) is -0.383. The van der Waals surface area contributed by atoms with Gasteiger partial charge < -0.3 is 0 Å². The van der Waals surface area contributed by atoms with Crippen molar-refractivity contribution in [3.05, 3.63) is 40.4 Å². The first-order valence-electron chi connectivity index (χ1n) is 3.58. The average molecular weight is 216 g/mol. The number of pyridine rings is 1. The van der Waals surface area contributed by atoms with Crippen molar-refractivity contribution in [2.45, 2.75) is 0 Å². The summed E-state index contributed by atoms with van der Waals surface area (Å²) >= 11 is 11.4. The summed E-state index contributed by atoms with van der Waals surface area (Å²) in [6.45, 7) is 0. The van der Waals surface area contributed by atoms with Gasteiger partial charge >= 0.3 is 0 Å². The van der Waals surface area contributed by atoms with Gasteiger partial charge in [-0.15, -0.1) is 0 Å². The van der Waals surface area contributed by atoms with E-state index in [2.05, 4.69) is 4.98 Å². The van der Waals surface area contributed by atoms with E-state index in [-0.39, 0.29) is 11.0 Å². The third kappa shape index (κ3) is 1.47. The van der Waals surface area contributed by atoms with Gasteiger partial charge in [0.15, 0.2) is 0 Å². The monoisotopic (exact) mass is 215 g/mol. The Bertz CT molecular complexity index is 470. The van der Waals surface area contributed by atoms with E-state index < -0.39 is 0 Å². The molecule has 0 saturated heterocycles. The molecule has 0 saturated carbocycles. The zero-order chi connectivity index (χ0) is 9.42. The third-order valence-corrected chi connectivity index (χ3v) is 2.27. The Balaban J connectivity index is 2.94. The highest BCUT2D eigenvalue weighted by molar-refractivity contribution is 6.35. The van der Waals surface area contributed by atoms with Crippen molar-refractivity contribution in [3.8, 4) is 0 Å². The second-order valence-corrected chi connectivity index (χ2v) is 3.38. The minimum atomic E-state index is -0.383. The van der Waals surface area contributed by atoms with Gasteiger partial charge in [0.1, 0.15) is 11.0 Å². The maximum Gasteiger partial charge on any atom is 0.136 e. The number of hydrogen-bond acceptors (Lipinski definition) is 1. The van der Waals surface area contributed by atoms with Crippen LogP contribution in [0, 0.1) is 5.82 Å². The highest BCUT2D eigenvalue weighted by atomic mass is 35.5. The van der Waals surface area contributed by atoms with Crippen molar-refractivity contribution in [2.75, 3.05) is 0 Å². The smallest absolute Gasteiger partial charge is 0.136 e. The molecule has 0 N–H and O–H groups in total. The van der Waals surface area contributed by atoms with Gasteiger partial charge in [-0.25, -0.2) is 9.37 Å². The molecule has 1 heterocycles. The molecule has 0 aliphatic rings. The first-order chi connectivity index (χ1) is 6.18. The molecule has 0 aliphatic carbocycles. The van der Waals surface area contributed by atoms with Crippen LogP contribution in [0.4, 0.5) is 4.39 Å². The summed E-state index contributed by atoms with van der Waals surface area (Å²) in [5.41, 5.74) is 0. The minimum Gasteiger partial charge on any atom is -0.244 e. The van der Waals surface area contributed by atoms with Crippen LogP contribution in [0.15, 0.2) is 24.4 Å². The minimum absolute atomic E-state index is 0.263. The van der Waals surface area contributed by atoms with Crippen LogP contribution in [-0.4, -0.2) is 4.98 Å². The molecule has 0 amide bonds. The van der Waals surface area contributed by atoms with Crippen molar-refractivity contribution in [1.82, 2.24) is 4.98 Å². The lowest BCUT2D eigenvalue weighted by molar-refractivity contribution is 0.640. The zero-order valence-electron chi connectivity index (χ0n) is 6.39. The summed E-state index contributed by atoms with van der Waals surface area (Å²) in [4.78, 5) is 3.83. The molecule has 0 spiro atoms. The number of aromatic nitrogens is 1. The van der Waals surface area contributed by atoms with E-state index in [9.17, 15) is 4.39 Å². The van der Waals surface area contributed by atoms with Crippen molar-refractivity contribution >= 4 is 34.0 Å². The summed E-state index contributed by atoms with van der Waals surface area (Å²) < 4.78 is 13.3. The summed E-state index contributed by atoms with van der Waals surface area (Å²) in [7, 11) is 0. The molecule has 13 heavy (non-hydrogen) atoms. The molecule has 4 heteroatoms. The maximum atomic E-state index is 13.3. The van der Waals surface area contributed by atoms with Crippen LogP contribution < -0.4 is 0 Å². The van der Waals surface area contributed by atoms with Gasteiger partial charge in [-0.05, 0) is 18.2 Å². The quantitative estimate of drug-likeness (QED) is 0.612. The summed E-state index contributed by atoms with van der Waals surface area (Å²) in [6, 6.07) is 4.41. The molecule has 0 atom stereocenters. The van der Waals surface area contributed by atoms with E-state index >= 15 is 0 Å². The molecule has 0 aliphatic heterocycles. The number of halogens is 3. The largest absolute Gasteiger partial charge is 0.244 e. The first kappa shape index (κ1) is 8.73. The zero-order valence-corrected chi connectivity index (χ0v) is 7.90. The van der Waals surface area contributed by atoms with Gasteiger partial charge in [0, 0.05) is 22.0 Å².